The maximum atomic E-state index is 13.9. The van der Waals surface area contributed by atoms with E-state index >= 15 is 0 Å². The van der Waals surface area contributed by atoms with Crippen LogP contribution in [0.1, 0.15) is 24.8 Å². The summed E-state index contributed by atoms with van der Waals surface area (Å²) in [5.41, 5.74) is 1.67. The standard InChI is InChI=1S/C15H20FNO2/c1-11-4-3-5-13(16)15(11)17-8-6-12(7-9-17)10-14(18)19-2/h3-5,12H,6-10H2,1-2H3. The minimum absolute atomic E-state index is 0.152. The lowest BCUT2D eigenvalue weighted by atomic mass is 9.93. The molecule has 2 rings (SSSR count). The first kappa shape index (κ1) is 13.8. The summed E-state index contributed by atoms with van der Waals surface area (Å²) < 4.78 is 18.6. The Balaban J connectivity index is 1.98. The number of ether oxygens (including phenoxy) is 1. The van der Waals surface area contributed by atoms with Gasteiger partial charge in [-0.05, 0) is 37.3 Å². The highest BCUT2D eigenvalue weighted by atomic mass is 19.1. The zero-order chi connectivity index (χ0) is 13.8. The Kier molecular flexibility index (Phi) is 4.40. The Bertz CT molecular complexity index is 433. The van der Waals surface area contributed by atoms with E-state index in [0.29, 0.717) is 18.0 Å². The van der Waals surface area contributed by atoms with E-state index in [1.54, 1.807) is 6.07 Å². The number of carbonyl (C=O) groups excluding carboxylic acids is 1. The number of piperidine rings is 1. The zero-order valence-corrected chi connectivity index (χ0v) is 11.5. The summed E-state index contributed by atoms with van der Waals surface area (Å²) in [6.07, 6.45) is 2.28. The average Bonchev–Trinajstić information content (AvgIpc) is 2.40. The lowest BCUT2D eigenvalue weighted by Gasteiger charge is -2.34. The number of halogens is 1. The van der Waals surface area contributed by atoms with Crippen LogP contribution in [-0.2, 0) is 9.53 Å². The molecule has 0 spiro atoms. The third-order valence-corrected chi connectivity index (χ3v) is 3.80. The molecule has 1 saturated heterocycles. The van der Waals surface area contributed by atoms with Crippen LogP contribution in [0.2, 0.25) is 0 Å². The van der Waals surface area contributed by atoms with E-state index in [9.17, 15) is 9.18 Å². The van der Waals surface area contributed by atoms with Crippen molar-refractivity contribution in [2.75, 3.05) is 25.1 Å². The largest absolute Gasteiger partial charge is 0.469 e. The summed E-state index contributed by atoms with van der Waals surface area (Å²) in [4.78, 5) is 13.3. The lowest BCUT2D eigenvalue weighted by molar-refractivity contribution is -0.141. The second kappa shape index (κ2) is 6.04. The number of nitrogens with zero attached hydrogens (tertiary/aromatic N) is 1. The van der Waals surface area contributed by atoms with Crippen LogP contribution in [0.4, 0.5) is 10.1 Å². The normalized spacial score (nSPS) is 16.5. The number of aryl methyl sites for hydroxylation is 1. The van der Waals surface area contributed by atoms with Gasteiger partial charge in [-0.3, -0.25) is 4.79 Å². The Labute approximate surface area is 113 Å². The van der Waals surface area contributed by atoms with Gasteiger partial charge in [0.1, 0.15) is 5.82 Å². The number of anilines is 1. The van der Waals surface area contributed by atoms with Crippen LogP contribution in [0.15, 0.2) is 18.2 Å². The topological polar surface area (TPSA) is 29.5 Å². The molecule has 0 N–H and O–H groups in total. The van der Waals surface area contributed by atoms with Gasteiger partial charge in [0, 0.05) is 19.5 Å². The highest BCUT2D eigenvalue weighted by Crippen LogP contribution is 2.29. The number of benzene rings is 1. The van der Waals surface area contributed by atoms with Crippen molar-refractivity contribution in [1.29, 1.82) is 0 Å². The molecule has 1 fully saturated rings. The second-order valence-corrected chi connectivity index (χ2v) is 5.12. The summed E-state index contributed by atoms with van der Waals surface area (Å²) >= 11 is 0. The van der Waals surface area contributed by atoms with Gasteiger partial charge in [0.2, 0.25) is 0 Å². The van der Waals surface area contributed by atoms with E-state index in [1.165, 1.54) is 13.2 Å². The van der Waals surface area contributed by atoms with Crippen LogP contribution in [0.5, 0.6) is 0 Å². The van der Waals surface area contributed by atoms with Gasteiger partial charge in [-0.25, -0.2) is 4.39 Å². The van der Waals surface area contributed by atoms with E-state index in [2.05, 4.69) is 4.90 Å². The van der Waals surface area contributed by atoms with E-state index in [1.807, 2.05) is 13.0 Å². The van der Waals surface area contributed by atoms with Crippen LogP contribution in [0, 0.1) is 18.7 Å². The van der Waals surface area contributed by atoms with Crippen LogP contribution in [-0.4, -0.2) is 26.2 Å². The minimum atomic E-state index is -0.161. The quantitative estimate of drug-likeness (QED) is 0.787. The number of methoxy groups -OCH3 is 1. The molecule has 0 bridgehead atoms. The van der Waals surface area contributed by atoms with Gasteiger partial charge >= 0.3 is 5.97 Å². The van der Waals surface area contributed by atoms with E-state index in [-0.39, 0.29) is 11.8 Å². The Morgan fingerprint density at radius 2 is 2.11 bits per heavy atom. The molecule has 19 heavy (non-hydrogen) atoms. The van der Waals surface area contributed by atoms with Gasteiger partial charge in [0.05, 0.1) is 12.8 Å². The first-order valence-electron chi connectivity index (χ1n) is 6.68. The van der Waals surface area contributed by atoms with Crippen LogP contribution >= 0.6 is 0 Å². The fourth-order valence-electron chi connectivity index (χ4n) is 2.70. The van der Waals surface area contributed by atoms with Gasteiger partial charge in [-0.15, -0.1) is 0 Å². The number of rotatable bonds is 3. The lowest BCUT2D eigenvalue weighted by Crippen LogP contribution is -2.35. The fraction of sp³-hybridized carbons (Fsp3) is 0.533. The summed E-state index contributed by atoms with van der Waals surface area (Å²) in [5.74, 6) is 0.0442. The van der Waals surface area contributed by atoms with Crippen molar-refractivity contribution >= 4 is 11.7 Å². The molecule has 3 nitrogen and oxygen atoms in total. The monoisotopic (exact) mass is 265 g/mol. The molecule has 4 heteroatoms. The molecule has 0 aliphatic carbocycles. The van der Waals surface area contributed by atoms with Gasteiger partial charge in [0.15, 0.2) is 0 Å². The number of hydrogen-bond donors (Lipinski definition) is 0. The Morgan fingerprint density at radius 3 is 2.68 bits per heavy atom. The van der Waals surface area contributed by atoms with E-state index in [4.69, 9.17) is 4.74 Å². The van der Waals surface area contributed by atoms with Crippen molar-refractivity contribution in [2.45, 2.75) is 26.2 Å². The number of carbonyl (C=O) groups is 1. The summed E-state index contributed by atoms with van der Waals surface area (Å²) in [6, 6.07) is 5.17. The summed E-state index contributed by atoms with van der Waals surface area (Å²) in [6.45, 7) is 3.52. The molecule has 1 aliphatic heterocycles. The van der Waals surface area contributed by atoms with Gasteiger partial charge in [0.25, 0.3) is 0 Å². The molecule has 1 aromatic rings. The highest BCUT2D eigenvalue weighted by Gasteiger charge is 2.24. The molecule has 0 unspecified atom stereocenters. The maximum Gasteiger partial charge on any atom is 0.305 e. The number of para-hydroxylation sites is 1. The highest BCUT2D eigenvalue weighted by molar-refractivity contribution is 5.69. The Hall–Kier alpha value is -1.58. The van der Waals surface area contributed by atoms with Crippen molar-refractivity contribution in [3.63, 3.8) is 0 Å². The first-order chi connectivity index (χ1) is 9.11. The predicted molar refractivity (Wildman–Crippen MR) is 72.7 cm³/mol. The van der Waals surface area contributed by atoms with Crippen LogP contribution in [0.3, 0.4) is 0 Å². The van der Waals surface area contributed by atoms with Crippen molar-refractivity contribution in [2.24, 2.45) is 5.92 Å². The van der Waals surface area contributed by atoms with Crippen LogP contribution < -0.4 is 4.90 Å². The fourth-order valence-corrected chi connectivity index (χ4v) is 2.70. The molecule has 0 radical (unpaired) electrons. The third-order valence-electron chi connectivity index (χ3n) is 3.80. The number of esters is 1. The summed E-state index contributed by atoms with van der Waals surface area (Å²) in [5, 5.41) is 0. The molecular weight excluding hydrogens is 245 g/mol. The smallest absolute Gasteiger partial charge is 0.305 e. The zero-order valence-electron chi connectivity index (χ0n) is 11.5. The van der Waals surface area contributed by atoms with Crippen molar-refractivity contribution in [1.82, 2.24) is 0 Å². The van der Waals surface area contributed by atoms with Crippen molar-refractivity contribution in [3.05, 3.63) is 29.6 Å². The van der Waals surface area contributed by atoms with E-state index in [0.717, 1.165) is 31.5 Å². The minimum Gasteiger partial charge on any atom is -0.469 e. The molecule has 0 saturated carbocycles. The molecule has 1 heterocycles. The number of hydrogen-bond acceptors (Lipinski definition) is 3. The van der Waals surface area contributed by atoms with Crippen molar-refractivity contribution in [3.8, 4) is 0 Å². The Morgan fingerprint density at radius 1 is 1.42 bits per heavy atom. The molecule has 1 aromatic carbocycles. The second-order valence-electron chi connectivity index (χ2n) is 5.12. The van der Waals surface area contributed by atoms with Crippen molar-refractivity contribution < 1.29 is 13.9 Å². The SMILES string of the molecule is COC(=O)CC1CCN(c2c(C)cccc2F)CC1. The van der Waals surface area contributed by atoms with Gasteiger partial charge < -0.3 is 9.64 Å². The predicted octanol–water partition coefficient (Wildman–Crippen LogP) is 2.91. The molecule has 0 amide bonds. The van der Waals surface area contributed by atoms with E-state index < -0.39 is 0 Å². The third kappa shape index (κ3) is 3.25. The summed E-state index contributed by atoms with van der Waals surface area (Å²) in [7, 11) is 1.42. The average molecular weight is 265 g/mol. The maximum absolute atomic E-state index is 13.9. The van der Waals surface area contributed by atoms with Gasteiger partial charge in [-0.2, -0.15) is 0 Å². The molecule has 0 aromatic heterocycles. The van der Waals surface area contributed by atoms with Crippen LogP contribution in [0.25, 0.3) is 0 Å². The molecule has 104 valence electrons. The molecular formula is C15H20FNO2. The first-order valence-corrected chi connectivity index (χ1v) is 6.68. The molecule has 1 aliphatic rings. The van der Waals surface area contributed by atoms with Gasteiger partial charge in [-0.1, -0.05) is 12.1 Å². The molecule has 0 atom stereocenters.